The maximum atomic E-state index is 12.1. The molecule has 0 unspecified atom stereocenters. The fourth-order valence-electron chi connectivity index (χ4n) is 2.36. The minimum atomic E-state index is -0.536. The van der Waals surface area contributed by atoms with Gasteiger partial charge in [0, 0.05) is 13.2 Å². The molecule has 18 heavy (non-hydrogen) atoms. The first-order chi connectivity index (χ1) is 8.69. The largest absolute Gasteiger partial charge is 0.465 e. The summed E-state index contributed by atoms with van der Waals surface area (Å²) in [6, 6.07) is 3.76. The molecule has 1 fully saturated rings. The molecule has 0 aliphatic heterocycles. The molecule has 0 N–H and O–H groups in total. The number of nitrogens with zero attached hydrogens (tertiary/aromatic N) is 3. The molecule has 2 heterocycles. The smallest absolute Gasteiger partial charge is 0.319 e. The first kappa shape index (κ1) is 11.2. The van der Waals surface area contributed by atoms with Gasteiger partial charge in [0.05, 0.1) is 6.61 Å². The van der Waals surface area contributed by atoms with E-state index in [1.54, 1.807) is 6.20 Å². The average molecular weight is 245 g/mol. The lowest BCUT2D eigenvalue weighted by Gasteiger charge is -2.13. The molecule has 3 rings (SSSR count). The minimum Gasteiger partial charge on any atom is -0.465 e. The van der Waals surface area contributed by atoms with Crippen molar-refractivity contribution >= 4 is 17.1 Å². The van der Waals surface area contributed by atoms with E-state index in [9.17, 15) is 4.79 Å². The van der Waals surface area contributed by atoms with Gasteiger partial charge in [-0.3, -0.25) is 4.79 Å². The molecule has 0 aromatic carbocycles. The van der Waals surface area contributed by atoms with Gasteiger partial charge in [0.1, 0.15) is 16.8 Å². The van der Waals surface area contributed by atoms with Crippen molar-refractivity contribution in [3.63, 3.8) is 0 Å². The van der Waals surface area contributed by atoms with Gasteiger partial charge < -0.3 is 9.30 Å². The van der Waals surface area contributed by atoms with Crippen molar-refractivity contribution < 1.29 is 9.53 Å². The lowest BCUT2D eigenvalue weighted by atomic mass is 10.1. The second-order valence-electron chi connectivity index (χ2n) is 4.64. The maximum absolute atomic E-state index is 12.1. The van der Waals surface area contributed by atoms with Gasteiger partial charge in [0.2, 0.25) is 0 Å². The third kappa shape index (κ3) is 1.43. The molecule has 0 radical (unpaired) electrons. The van der Waals surface area contributed by atoms with E-state index in [0.29, 0.717) is 6.61 Å². The first-order valence-electron chi connectivity index (χ1n) is 6.14. The molecule has 0 spiro atoms. The molecule has 5 heteroatoms. The van der Waals surface area contributed by atoms with Crippen LogP contribution in [0.2, 0.25) is 0 Å². The van der Waals surface area contributed by atoms with E-state index >= 15 is 0 Å². The van der Waals surface area contributed by atoms with Crippen molar-refractivity contribution in [1.29, 1.82) is 0 Å². The number of esters is 1. The number of aryl methyl sites for hydroxylation is 1. The number of hydrogen-bond acceptors (Lipinski definition) is 4. The van der Waals surface area contributed by atoms with Crippen molar-refractivity contribution in [2.45, 2.75) is 25.2 Å². The Hall–Kier alpha value is -1.91. The Kier molecular flexibility index (Phi) is 2.36. The van der Waals surface area contributed by atoms with Crippen LogP contribution in [0.25, 0.3) is 11.2 Å². The first-order valence-corrected chi connectivity index (χ1v) is 6.14. The highest BCUT2D eigenvalue weighted by molar-refractivity contribution is 5.87. The van der Waals surface area contributed by atoms with Crippen LogP contribution in [0.5, 0.6) is 0 Å². The van der Waals surface area contributed by atoms with E-state index in [0.717, 1.165) is 29.8 Å². The number of fused-ring (bicyclic) bond motifs is 1. The van der Waals surface area contributed by atoms with Gasteiger partial charge in [-0.1, -0.05) is 0 Å². The van der Waals surface area contributed by atoms with Crippen LogP contribution in [0.4, 0.5) is 0 Å². The summed E-state index contributed by atoms with van der Waals surface area (Å²) in [6.45, 7) is 2.23. The Balaban J connectivity index is 2.10. The number of ether oxygens (including phenoxy) is 1. The zero-order chi connectivity index (χ0) is 12.8. The van der Waals surface area contributed by atoms with Crippen molar-refractivity contribution in [3.8, 4) is 0 Å². The van der Waals surface area contributed by atoms with Crippen LogP contribution < -0.4 is 0 Å². The highest BCUT2D eigenvalue weighted by Gasteiger charge is 2.56. The maximum Gasteiger partial charge on any atom is 0.319 e. The minimum absolute atomic E-state index is 0.164. The summed E-state index contributed by atoms with van der Waals surface area (Å²) in [7, 11) is 1.90. The van der Waals surface area contributed by atoms with E-state index in [2.05, 4.69) is 9.97 Å². The molecule has 2 aromatic heterocycles. The molecular formula is C13H15N3O2. The quantitative estimate of drug-likeness (QED) is 0.770. The molecule has 0 bridgehead atoms. The van der Waals surface area contributed by atoms with Gasteiger partial charge in [-0.2, -0.15) is 0 Å². The molecule has 2 aromatic rings. The van der Waals surface area contributed by atoms with Crippen LogP contribution in [0.3, 0.4) is 0 Å². The molecule has 0 atom stereocenters. The number of aromatic nitrogens is 3. The molecule has 1 aliphatic rings. The average Bonchev–Trinajstić information content (AvgIpc) is 3.11. The van der Waals surface area contributed by atoms with Crippen LogP contribution >= 0.6 is 0 Å². The number of imidazole rings is 1. The van der Waals surface area contributed by atoms with Crippen LogP contribution in [-0.2, 0) is 22.0 Å². The van der Waals surface area contributed by atoms with Gasteiger partial charge in [0.25, 0.3) is 0 Å². The summed E-state index contributed by atoms with van der Waals surface area (Å²) in [5.41, 5.74) is 1.10. The van der Waals surface area contributed by atoms with Gasteiger partial charge >= 0.3 is 5.97 Å². The predicted octanol–water partition coefficient (Wildman–Crippen LogP) is 1.56. The van der Waals surface area contributed by atoms with Crippen molar-refractivity contribution in [2.24, 2.45) is 7.05 Å². The van der Waals surface area contributed by atoms with Crippen molar-refractivity contribution in [2.75, 3.05) is 6.61 Å². The normalized spacial score (nSPS) is 16.8. The van der Waals surface area contributed by atoms with Crippen LogP contribution in [0.1, 0.15) is 25.6 Å². The molecule has 1 saturated carbocycles. The molecule has 5 nitrogen and oxygen atoms in total. The summed E-state index contributed by atoms with van der Waals surface area (Å²) in [5, 5.41) is 0. The molecule has 0 saturated heterocycles. The fraction of sp³-hybridized carbons (Fsp3) is 0.462. The Bertz CT molecular complexity index is 614. The SMILES string of the molecule is CCOC(=O)C1(c2nc3cccnc3n2C)CC1. The monoisotopic (exact) mass is 245 g/mol. The highest BCUT2D eigenvalue weighted by Crippen LogP contribution is 2.49. The lowest BCUT2D eigenvalue weighted by Crippen LogP contribution is -2.26. The third-order valence-corrected chi connectivity index (χ3v) is 3.47. The zero-order valence-electron chi connectivity index (χ0n) is 10.5. The van der Waals surface area contributed by atoms with Crippen LogP contribution in [0, 0.1) is 0 Å². The Morgan fingerprint density at radius 1 is 1.56 bits per heavy atom. The lowest BCUT2D eigenvalue weighted by molar-refractivity contribution is -0.146. The fourth-order valence-corrected chi connectivity index (χ4v) is 2.36. The second-order valence-corrected chi connectivity index (χ2v) is 4.64. The van der Waals surface area contributed by atoms with Crippen LogP contribution in [-0.4, -0.2) is 27.1 Å². The summed E-state index contributed by atoms with van der Waals surface area (Å²) >= 11 is 0. The van der Waals surface area contributed by atoms with E-state index in [4.69, 9.17) is 4.74 Å². The zero-order valence-corrected chi connectivity index (χ0v) is 10.5. The molecule has 94 valence electrons. The Morgan fingerprint density at radius 3 is 2.94 bits per heavy atom. The van der Waals surface area contributed by atoms with Crippen LogP contribution in [0.15, 0.2) is 18.3 Å². The number of carbonyl (C=O) groups is 1. The van der Waals surface area contributed by atoms with Gasteiger partial charge in [0.15, 0.2) is 5.65 Å². The molecular weight excluding hydrogens is 230 g/mol. The van der Waals surface area contributed by atoms with Crippen molar-refractivity contribution in [3.05, 3.63) is 24.2 Å². The standard InChI is InChI=1S/C13H15N3O2/c1-3-18-12(17)13(6-7-13)11-15-9-5-4-8-14-10(9)16(11)2/h4-5,8H,3,6-7H2,1-2H3. The van der Waals surface area contributed by atoms with E-state index in [1.165, 1.54) is 0 Å². The molecule has 1 aliphatic carbocycles. The summed E-state index contributed by atoms with van der Waals surface area (Å²) in [4.78, 5) is 20.9. The van der Waals surface area contributed by atoms with Gasteiger partial charge in [-0.15, -0.1) is 0 Å². The number of carbonyl (C=O) groups excluding carboxylic acids is 1. The predicted molar refractivity (Wildman–Crippen MR) is 66.1 cm³/mol. The summed E-state index contributed by atoms with van der Waals surface area (Å²) in [5.74, 6) is 0.609. The molecule has 0 amide bonds. The number of pyridine rings is 1. The van der Waals surface area contributed by atoms with E-state index < -0.39 is 5.41 Å². The summed E-state index contributed by atoms with van der Waals surface area (Å²) < 4.78 is 7.06. The third-order valence-electron chi connectivity index (χ3n) is 3.47. The topological polar surface area (TPSA) is 57.0 Å². The Morgan fingerprint density at radius 2 is 2.33 bits per heavy atom. The van der Waals surface area contributed by atoms with Gasteiger partial charge in [-0.25, -0.2) is 9.97 Å². The highest BCUT2D eigenvalue weighted by atomic mass is 16.5. The van der Waals surface area contributed by atoms with Gasteiger partial charge in [-0.05, 0) is 31.9 Å². The summed E-state index contributed by atoms with van der Waals surface area (Å²) in [6.07, 6.45) is 3.35. The van der Waals surface area contributed by atoms with Crippen molar-refractivity contribution in [1.82, 2.24) is 14.5 Å². The Labute approximate surface area is 105 Å². The number of rotatable bonds is 3. The number of hydrogen-bond donors (Lipinski definition) is 0. The van der Waals surface area contributed by atoms with E-state index in [1.807, 2.05) is 30.7 Å². The second kappa shape index (κ2) is 3.80. The van der Waals surface area contributed by atoms with E-state index in [-0.39, 0.29) is 5.97 Å².